The van der Waals surface area contributed by atoms with E-state index in [0.29, 0.717) is 0 Å². The number of fused-ring (bicyclic) bond motifs is 1. The van der Waals surface area contributed by atoms with Gasteiger partial charge in [0.25, 0.3) is 0 Å². The van der Waals surface area contributed by atoms with Crippen LogP contribution in [-0.2, 0) is 16.6 Å². The highest BCUT2D eigenvalue weighted by molar-refractivity contribution is 5.88. The fourth-order valence-electron chi connectivity index (χ4n) is 2.01. The summed E-state index contributed by atoms with van der Waals surface area (Å²) in [7, 11) is 3.26. The number of methoxy groups -OCH3 is 1. The van der Waals surface area contributed by atoms with Crippen molar-refractivity contribution in [1.82, 2.24) is 9.55 Å². The Kier molecular flexibility index (Phi) is 3.10. The van der Waals surface area contributed by atoms with Crippen LogP contribution in [0.1, 0.15) is 11.5 Å². The summed E-state index contributed by atoms with van der Waals surface area (Å²) in [6.45, 7) is 0.223. The first-order valence-corrected chi connectivity index (χ1v) is 5.37. The molecule has 2 N–H and O–H groups in total. The summed E-state index contributed by atoms with van der Waals surface area (Å²) in [4.78, 5) is 15.9. The molecule has 1 atom stereocenters. The molecule has 0 aliphatic heterocycles. The van der Waals surface area contributed by atoms with Crippen LogP contribution in [0.4, 0.5) is 0 Å². The van der Waals surface area contributed by atoms with Crippen LogP contribution in [0.2, 0.25) is 0 Å². The summed E-state index contributed by atoms with van der Waals surface area (Å²) in [5.74, 6) is -0.753. The van der Waals surface area contributed by atoms with Crippen molar-refractivity contribution >= 4 is 17.0 Å². The third-order valence-corrected chi connectivity index (χ3v) is 2.86. The lowest BCUT2D eigenvalue weighted by Crippen LogP contribution is -2.22. The molecule has 0 amide bonds. The number of esters is 1. The Hall–Kier alpha value is -1.88. The Labute approximate surface area is 99.2 Å². The number of aromatic nitrogens is 2. The van der Waals surface area contributed by atoms with Crippen molar-refractivity contribution in [2.75, 3.05) is 13.7 Å². The van der Waals surface area contributed by atoms with E-state index in [4.69, 9.17) is 10.5 Å². The molecule has 0 saturated heterocycles. The fourth-order valence-corrected chi connectivity index (χ4v) is 2.01. The predicted octanol–water partition coefficient (Wildman–Crippen LogP) is 0.789. The quantitative estimate of drug-likeness (QED) is 0.796. The zero-order chi connectivity index (χ0) is 12.4. The van der Waals surface area contributed by atoms with Gasteiger partial charge in [0.2, 0.25) is 0 Å². The molecule has 0 fully saturated rings. The van der Waals surface area contributed by atoms with Gasteiger partial charge in [-0.3, -0.25) is 4.79 Å². The first kappa shape index (κ1) is 11.6. The Morgan fingerprint density at radius 3 is 3.06 bits per heavy atom. The van der Waals surface area contributed by atoms with Gasteiger partial charge >= 0.3 is 5.97 Å². The Bertz CT molecular complexity index is 548. The number of carbonyl (C=O) groups is 1. The standard InChI is InChI=1S/C12H15N3O2/c1-15-7-10(9(6-13)12(16)17-2)8-4-3-5-14-11(8)15/h3-5,7,9H,6,13H2,1-2H3. The Balaban J connectivity index is 2.58. The number of nitrogens with two attached hydrogens (primary N) is 1. The van der Waals surface area contributed by atoms with Crippen molar-refractivity contribution < 1.29 is 9.53 Å². The van der Waals surface area contributed by atoms with Crippen molar-refractivity contribution in [1.29, 1.82) is 0 Å². The molecule has 2 aromatic rings. The highest BCUT2D eigenvalue weighted by Crippen LogP contribution is 2.26. The molecule has 0 aliphatic carbocycles. The minimum Gasteiger partial charge on any atom is -0.469 e. The van der Waals surface area contributed by atoms with Crippen LogP contribution in [0.25, 0.3) is 11.0 Å². The van der Waals surface area contributed by atoms with Crippen LogP contribution >= 0.6 is 0 Å². The van der Waals surface area contributed by atoms with Crippen molar-refractivity contribution in [3.63, 3.8) is 0 Å². The summed E-state index contributed by atoms with van der Waals surface area (Å²) >= 11 is 0. The zero-order valence-electron chi connectivity index (χ0n) is 9.88. The van der Waals surface area contributed by atoms with Gasteiger partial charge in [-0.15, -0.1) is 0 Å². The second-order valence-electron chi connectivity index (χ2n) is 3.88. The lowest BCUT2D eigenvalue weighted by molar-refractivity contribution is -0.142. The number of aryl methyl sites for hydroxylation is 1. The van der Waals surface area contributed by atoms with Crippen molar-refractivity contribution in [2.45, 2.75) is 5.92 Å². The van der Waals surface area contributed by atoms with Gasteiger partial charge in [0.15, 0.2) is 0 Å². The molecular weight excluding hydrogens is 218 g/mol. The third kappa shape index (κ3) is 1.89. The number of hydrogen-bond acceptors (Lipinski definition) is 4. The van der Waals surface area contributed by atoms with E-state index >= 15 is 0 Å². The molecule has 0 aromatic carbocycles. The Morgan fingerprint density at radius 1 is 1.65 bits per heavy atom. The molecule has 5 heteroatoms. The molecule has 0 radical (unpaired) electrons. The van der Waals surface area contributed by atoms with Crippen molar-refractivity contribution in [3.05, 3.63) is 30.1 Å². The molecule has 0 saturated carbocycles. The summed E-state index contributed by atoms with van der Waals surface area (Å²) in [5, 5.41) is 0.941. The lowest BCUT2D eigenvalue weighted by atomic mass is 10.00. The van der Waals surface area contributed by atoms with E-state index < -0.39 is 5.92 Å². The Morgan fingerprint density at radius 2 is 2.41 bits per heavy atom. The van der Waals surface area contributed by atoms with Crippen LogP contribution in [-0.4, -0.2) is 29.2 Å². The first-order valence-electron chi connectivity index (χ1n) is 5.37. The molecule has 0 bridgehead atoms. The van der Waals surface area contributed by atoms with Crippen LogP contribution < -0.4 is 5.73 Å². The van der Waals surface area contributed by atoms with Gasteiger partial charge in [0.05, 0.1) is 13.0 Å². The highest BCUT2D eigenvalue weighted by atomic mass is 16.5. The van der Waals surface area contributed by atoms with Crippen molar-refractivity contribution in [3.8, 4) is 0 Å². The van der Waals surface area contributed by atoms with Gasteiger partial charge in [-0.2, -0.15) is 0 Å². The predicted molar refractivity (Wildman–Crippen MR) is 64.5 cm³/mol. The topological polar surface area (TPSA) is 70.1 Å². The van der Waals surface area contributed by atoms with E-state index in [0.717, 1.165) is 16.6 Å². The van der Waals surface area contributed by atoms with Crippen LogP contribution in [0.5, 0.6) is 0 Å². The normalized spacial score (nSPS) is 12.6. The summed E-state index contributed by atoms with van der Waals surface area (Å²) in [6, 6.07) is 3.78. The van der Waals surface area contributed by atoms with Gasteiger partial charge < -0.3 is 15.0 Å². The molecule has 1 unspecified atom stereocenters. The van der Waals surface area contributed by atoms with Gasteiger partial charge in [-0.1, -0.05) is 0 Å². The third-order valence-electron chi connectivity index (χ3n) is 2.86. The summed E-state index contributed by atoms with van der Waals surface area (Å²) < 4.78 is 6.65. The average molecular weight is 233 g/mol. The van der Waals surface area contributed by atoms with Gasteiger partial charge in [0, 0.05) is 31.4 Å². The van der Waals surface area contributed by atoms with E-state index in [-0.39, 0.29) is 12.5 Å². The van der Waals surface area contributed by atoms with Crippen LogP contribution in [0.3, 0.4) is 0 Å². The van der Waals surface area contributed by atoms with E-state index in [2.05, 4.69) is 4.98 Å². The molecule has 17 heavy (non-hydrogen) atoms. The minimum absolute atomic E-state index is 0.223. The summed E-state index contributed by atoms with van der Waals surface area (Å²) in [5.41, 5.74) is 7.35. The number of hydrogen-bond donors (Lipinski definition) is 1. The molecule has 0 aliphatic rings. The van der Waals surface area contributed by atoms with E-state index in [1.807, 2.05) is 29.9 Å². The van der Waals surface area contributed by atoms with E-state index in [1.165, 1.54) is 7.11 Å². The summed E-state index contributed by atoms with van der Waals surface area (Å²) in [6.07, 6.45) is 3.60. The highest BCUT2D eigenvalue weighted by Gasteiger charge is 2.23. The molecule has 90 valence electrons. The number of rotatable bonds is 3. The fraction of sp³-hybridized carbons (Fsp3) is 0.333. The maximum absolute atomic E-state index is 11.7. The van der Waals surface area contributed by atoms with Gasteiger partial charge in [-0.05, 0) is 17.7 Å². The molecule has 5 nitrogen and oxygen atoms in total. The molecule has 0 spiro atoms. The van der Waals surface area contributed by atoms with Crippen LogP contribution in [0, 0.1) is 0 Å². The van der Waals surface area contributed by atoms with E-state index in [9.17, 15) is 4.79 Å². The maximum Gasteiger partial charge on any atom is 0.314 e. The van der Waals surface area contributed by atoms with Crippen molar-refractivity contribution in [2.24, 2.45) is 12.8 Å². The maximum atomic E-state index is 11.7. The zero-order valence-corrected chi connectivity index (χ0v) is 9.88. The van der Waals surface area contributed by atoms with Crippen LogP contribution in [0.15, 0.2) is 24.5 Å². The van der Waals surface area contributed by atoms with E-state index in [1.54, 1.807) is 6.20 Å². The second kappa shape index (κ2) is 4.55. The number of pyridine rings is 1. The smallest absolute Gasteiger partial charge is 0.314 e. The SMILES string of the molecule is COC(=O)C(CN)c1cn(C)c2ncccc12. The van der Waals surface area contributed by atoms with Gasteiger partial charge in [-0.25, -0.2) is 4.98 Å². The monoisotopic (exact) mass is 233 g/mol. The second-order valence-corrected chi connectivity index (χ2v) is 3.88. The number of carbonyl (C=O) groups excluding carboxylic acids is 1. The largest absolute Gasteiger partial charge is 0.469 e. The number of nitrogens with zero attached hydrogens (tertiary/aromatic N) is 2. The molecule has 2 heterocycles. The minimum atomic E-state index is -0.437. The lowest BCUT2D eigenvalue weighted by Gasteiger charge is -2.10. The number of ether oxygens (including phenoxy) is 1. The molecule has 2 aromatic heterocycles. The first-order chi connectivity index (χ1) is 8.19. The molecule has 2 rings (SSSR count). The average Bonchev–Trinajstić information content (AvgIpc) is 2.68. The van der Waals surface area contributed by atoms with Gasteiger partial charge in [0.1, 0.15) is 5.65 Å². The molecular formula is C12H15N3O2.